The Morgan fingerprint density at radius 1 is 1.25 bits per heavy atom. The zero-order valence-electron chi connectivity index (χ0n) is 10.4. The van der Waals surface area contributed by atoms with E-state index in [4.69, 9.17) is 22.4 Å². The summed E-state index contributed by atoms with van der Waals surface area (Å²) in [5.74, 6) is -1.87. The molecule has 0 fully saturated rings. The molecule has 0 heterocycles. The maximum Gasteiger partial charge on any atom is 0.326 e. The molecular formula is C12H14ClN3O4. The molecule has 108 valence electrons. The average Bonchev–Trinajstić information content (AvgIpc) is 2.36. The third-order valence-electron chi connectivity index (χ3n) is 2.38. The molecule has 1 aromatic carbocycles. The van der Waals surface area contributed by atoms with Gasteiger partial charge >= 0.3 is 12.0 Å². The largest absolute Gasteiger partial charge is 0.480 e. The van der Waals surface area contributed by atoms with E-state index >= 15 is 0 Å². The number of urea groups is 1. The van der Waals surface area contributed by atoms with E-state index in [0.717, 1.165) is 0 Å². The number of carbonyl (C=O) groups excluding carboxylic acids is 2. The van der Waals surface area contributed by atoms with Crippen molar-refractivity contribution in [2.24, 2.45) is 5.73 Å². The van der Waals surface area contributed by atoms with Gasteiger partial charge in [-0.3, -0.25) is 4.79 Å². The highest BCUT2D eigenvalue weighted by Gasteiger charge is 2.20. The Morgan fingerprint density at radius 3 is 2.35 bits per heavy atom. The first-order valence-electron chi connectivity index (χ1n) is 5.72. The van der Waals surface area contributed by atoms with Gasteiger partial charge in [0.1, 0.15) is 6.04 Å². The van der Waals surface area contributed by atoms with Crippen LogP contribution < -0.4 is 16.4 Å². The first-order valence-corrected chi connectivity index (χ1v) is 6.10. The van der Waals surface area contributed by atoms with Crippen molar-refractivity contribution in [1.29, 1.82) is 0 Å². The second-order valence-corrected chi connectivity index (χ2v) is 4.44. The Kier molecular flexibility index (Phi) is 5.79. The fourth-order valence-corrected chi connectivity index (χ4v) is 1.53. The standard InChI is InChI=1S/C12H14ClN3O4/c13-7-1-3-8(4-2-7)15-12(20)16-9(11(18)19)5-6-10(14)17/h1-4,9H,5-6H2,(H2,14,17)(H,18,19)(H2,15,16,20)/t9-/m1/s1. The van der Waals surface area contributed by atoms with E-state index in [1.165, 1.54) is 0 Å². The maximum atomic E-state index is 11.6. The van der Waals surface area contributed by atoms with Gasteiger partial charge in [0.15, 0.2) is 0 Å². The lowest BCUT2D eigenvalue weighted by molar-refractivity contribution is -0.139. The highest BCUT2D eigenvalue weighted by molar-refractivity contribution is 6.30. The van der Waals surface area contributed by atoms with Gasteiger partial charge < -0.3 is 21.5 Å². The number of rotatable bonds is 6. The maximum absolute atomic E-state index is 11.6. The molecule has 0 aliphatic heterocycles. The number of halogens is 1. The number of hydrogen-bond acceptors (Lipinski definition) is 3. The molecule has 0 spiro atoms. The number of nitrogens with two attached hydrogens (primary N) is 1. The van der Waals surface area contributed by atoms with Crippen molar-refractivity contribution < 1.29 is 19.5 Å². The number of primary amides is 1. The Balaban J connectivity index is 2.55. The van der Waals surface area contributed by atoms with Gasteiger partial charge in [0.25, 0.3) is 0 Å². The lowest BCUT2D eigenvalue weighted by atomic mass is 10.1. The number of carbonyl (C=O) groups is 3. The van der Waals surface area contributed by atoms with Crippen LogP contribution in [0.5, 0.6) is 0 Å². The summed E-state index contributed by atoms with van der Waals surface area (Å²) in [6.07, 6.45) is -0.198. The Labute approximate surface area is 120 Å². The molecule has 0 bridgehead atoms. The fraction of sp³-hybridized carbons (Fsp3) is 0.250. The van der Waals surface area contributed by atoms with Crippen LogP contribution in [-0.4, -0.2) is 29.1 Å². The average molecular weight is 300 g/mol. The number of amides is 3. The van der Waals surface area contributed by atoms with Crippen LogP contribution in [0.25, 0.3) is 0 Å². The molecule has 1 atom stereocenters. The molecule has 1 rings (SSSR count). The molecule has 0 aliphatic rings. The van der Waals surface area contributed by atoms with Crippen molar-refractivity contribution in [3.05, 3.63) is 29.3 Å². The molecule has 1 aromatic rings. The summed E-state index contributed by atoms with van der Waals surface area (Å²) in [5, 5.41) is 14.1. The zero-order valence-corrected chi connectivity index (χ0v) is 11.2. The van der Waals surface area contributed by atoms with Crippen molar-refractivity contribution in [1.82, 2.24) is 5.32 Å². The van der Waals surface area contributed by atoms with E-state index in [-0.39, 0.29) is 12.8 Å². The molecule has 20 heavy (non-hydrogen) atoms. The van der Waals surface area contributed by atoms with Crippen LogP contribution in [0.1, 0.15) is 12.8 Å². The molecule has 5 N–H and O–H groups in total. The summed E-state index contributed by atoms with van der Waals surface area (Å²) >= 11 is 5.70. The predicted molar refractivity (Wildman–Crippen MR) is 73.5 cm³/mol. The molecule has 0 saturated heterocycles. The summed E-state index contributed by atoms with van der Waals surface area (Å²) in [7, 11) is 0. The van der Waals surface area contributed by atoms with Crippen molar-refractivity contribution in [3.8, 4) is 0 Å². The Bertz CT molecular complexity index is 504. The highest BCUT2D eigenvalue weighted by atomic mass is 35.5. The predicted octanol–water partition coefficient (Wildman–Crippen LogP) is 1.18. The summed E-state index contributed by atoms with van der Waals surface area (Å²) in [6, 6.07) is 4.43. The van der Waals surface area contributed by atoms with E-state index in [1.807, 2.05) is 0 Å². The second kappa shape index (κ2) is 7.34. The first kappa shape index (κ1) is 15.8. The normalized spacial score (nSPS) is 11.4. The summed E-state index contributed by atoms with van der Waals surface area (Å²) in [5.41, 5.74) is 5.40. The van der Waals surface area contributed by atoms with Crippen molar-refractivity contribution >= 4 is 35.2 Å². The number of nitrogens with one attached hydrogen (secondary N) is 2. The van der Waals surface area contributed by atoms with Gasteiger partial charge in [0, 0.05) is 17.1 Å². The molecule has 0 unspecified atom stereocenters. The minimum absolute atomic E-state index is 0.0707. The van der Waals surface area contributed by atoms with Crippen LogP contribution in [0.15, 0.2) is 24.3 Å². The summed E-state index contributed by atoms with van der Waals surface area (Å²) in [6.45, 7) is 0. The third kappa shape index (κ3) is 5.57. The van der Waals surface area contributed by atoms with Crippen LogP contribution in [0, 0.1) is 0 Å². The number of anilines is 1. The first-order chi connectivity index (χ1) is 9.38. The number of carboxylic acid groups (broad SMARTS) is 1. The second-order valence-electron chi connectivity index (χ2n) is 4.00. The molecule has 0 saturated carbocycles. The minimum Gasteiger partial charge on any atom is -0.480 e. The van der Waals surface area contributed by atoms with E-state index in [2.05, 4.69) is 10.6 Å². The third-order valence-corrected chi connectivity index (χ3v) is 2.64. The number of benzene rings is 1. The van der Waals surface area contributed by atoms with Crippen molar-refractivity contribution in [3.63, 3.8) is 0 Å². The number of carboxylic acids is 1. The molecule has 7 nitrogen and oxygen atoms in total. The number of aliphatic carboxylic acids is 1. The zero-order chi connectivity index (χ0) is 15.1. The van der Waals surface area contributed by atoms with Gasteiger partial charge in [-0.05, 0) is 30.7 Å². The Hall–Kier alpha value is -2.28. The molecule has 3 amide bonds. The quantitative estimate of drug-likeness (QED) is 0.630. The van der Waals surface area contributed by atoms with Gasteiger partial charge in [-0.2, -0.15) is 0 Å². The monoisotopic (exact) mass is 299 g/mol. The van der Waals surface area contributed by atoms with Crippen LogP contribution in [0.2, 0.25) is 5.02 Å². The smallest absolute Gasteiger partial charge is 0.326 e. The molecule has 0 aromatic heterocycles. The highest BCUT2D eigenvalue weighted by Crippen LogP contribution is 2.13. The lowest BCUT2D eigenvalue weighted by Gasteiger charge is -2.14. The van der Waals surface area contributed by atoms with Gasteiger partial charge in [-0.25, -0.2) is 9.59 Å². The summed E-state index contributed by atoms with van der Waals surface area (Å²) in [4.78, 5) is 33.2. The van der Waals surface area contributed by atoms with Crippen molar-refractivity contribution in [2.45, 2.75) is 18.9 Å². The van der Waals surface area contributed by atoms with E-state index in [9.17, 15) is 14.4 Å². The van der Waals surface area contributed by atoms with E-state index in [0.29, 0.717) is 10.7 Å². The fourth-order valence-electron chi connectivity index (χ4n) is 1.40. The van der Waals surface area contributed by atoms with Gasteiger partial charge in [-0.15, -0.1) is 0 Å². The lowest BCUT2D eigenvalue weighted by Crippen LogP contribution is -2.43. The molecular weight excluding hydrogens is 286 g/mol. The molecule has 0 radical (unpaired) electrons. The SMILES string of the molecule is NC(=O)CC[C@@H](NC(=O)Nc1ccc(Cl)cc1)C(=O)O. The van der Waals surface area contributed by atoms with Crippen LogP contribution in [-0.2, 0) is 9.59 Å². The minimum atomic E-state index is -1.24. The van der Waals surface area contributed by atoms with Crippen LogP contribution >= 0.6 is 11.6 Å². The van der Waals surface area contributed by atoms with Crippen LogP contribution in [0.4, 0.5) is 10.5 Å². The van der Waals surface area contributed by atoms with Crippen molar-refractivity contribution in [2.75, 3.05) is 5.32 Å². The number of hydrogen-bond donors (Lipinski definition) is 4. The Morgan fingerprint density at radius 2 is 1.85 bits per heavy atom. The van der Waals surface area contributed by atoms with Crippen LogP contribution in [0.3, 0.4) is 0 Å². The van der Waals surface area contributed by atoms with E-state index < -0.39 is 23.9 Å². The van der Waals surface area contributed by atoms with Gasteiger partial charge in [-0.1, -0.05) is 11.6 Å². The van der Waals surface area contributed by atoms with Gasteiger partial charge in [0.2, 0.25) is 5.91 Å². The van der Waals surface area contributed by atoms with Gasteiger partial charge in [0.05, 0.1) is 0 Å². The molecule has 8 heteroatoms. The van der Waals surface area contributed by atoms with E-state index in [1.54, 1.807) is 24.3 Å². The molecule has 0 aliphatic carbocycles. The topological polar surface area (TPSA) is 122 Å². The summed E-state index contributed by atoms with van der Waals surface area (Å²) < 4.78 is 0.